The standard InChI is InChI=1S/C9H16N4/c1-5(2)8-12-7(10)6(3)9(11-4)13-8/h5H,1-4H3,(H3,10,11,12,13). The average Bonchev–Trinajstić information content (AvgIpc) is 2.09. The highest BCUT2D eigenvalue weighted by atomic mass is 15.0. The number of nitrogens with zero attached hydrogens (tertiary/aromatic N) is 2. The van der Waals surface area contributed by atoms with Crippen LogP contribution in [0.3, 0.4) is 0 Å². The Bertz CT molecular complexity index is 307. The van der Waals surface area contributed by atoms with E-state index in [-0.39, 0.29) is 0 Å². The number of nitrogen functional groups attached to an aromatic ring is 1. The quantitative estimate of drug-likeness (QED) is 0.724. The van der Waals surface area contributed by atoms with E-state index in [1.807, 2.05) is 27.8 Å². The molecule has 0 bridgehead atoms. The van der Waals surface area contributed by atoms with E-state index in [1.165, 1.54) is 0 Å². The second-order valence-corrected chi connectivity index (χ2v) is 3.35. The monoisotopic (exact) mass is 180 g/mol. The third kappa shape index (κ3) is 1.88. The van der Waals surface area contributed by atoms with Crippen LogP contribution in [0.25, 0.3) is 0 Å². The molecular weight excluding hydrogens is 164 g/mol. The molecule has 0 saturated heterocycles. The second kappa shape index (κ2) is 3.60. The molecule has 0 spiro atoms. The summed E-state index contributed by atoms with van der Waals surface area (Å²) < 4.78 is 0. The van der Waals surface area contributed by atoms with E-state index in [0.717, 1.165) is 17.2 Å². The maximum atomic E-state index is 5.74. The summed E-state index contributed by atoms with van der Waals surface area (Å²) in [5, 5.41) is 3.00. The summed E-state index contributed by atoms with van der Waals surface area (Å²) in [7, 11) is 1.83. The van der Waals surface area contributed by atoms with E-state index in [4.69, 9.17) is 5.73 Å². The number of nitrogens with two attached hydrogens (primary N) is 1. The van der Waals surface area contributed by atoms with Gasteiger partial charge in [-0.2, -0.15) is 0 Å². The van der Waals surface area contributed by atoms with Gasteiger partial charge in [-0.15, -0.1) is 0 Å². The molecule has 0 aliphatic heterocycles. The fourth-order valence-corrected chi connectivity index (χ4v) is 1.05. The summed E-state index contributed by atoms with van der Waals surface area (Å²) in [5.41, 5.74) is 6.65. The Morgan fingerprint density at radius 1 is 1.31 bits per heavy atom. The summed E-state index contributed by atoms with van der Waals surface area (Å²) in [6.45, 7) is 6.00. The summed E-state index contributed by atoms with van der Waals surface area (Å²) in [5.74, 6) is 2.46. The van der Waals surface area contributed by atoms with Crippen molar-refractivity contribution in [1.29, 1.82) is 0 Å². The SMILES string of the molecule is CNc1nc(C(C)C)nc(N)c1C. The van der Waals surface area contributed by atoms with Gasteiger partial charge in [-0.25, -0.2) is 9.97 Å². The first-order valence-corrected chi connectivity index (χ1v) is 4.38. The average molecular weight is 180 g/mol. The van der Waals surface area contributed by atoms with Crippen molar-refractivity contribution in [3.63, 3.8) is 0 Å². The van der Waals surface area contributed by atoms with Gasteiger partial charge in [0.1, 0.15) is 17.5 Å². The van der Waals surface area contributed by atoms with Gasteiger partial charge in [0.25, 0.3) is 0 Å². The molecule has 72 valence electrons. The molecule has 4 heteroatoms. The number of hydrogen-bond donors (Lipinski definition) is 2. The van der Waals surface area contributed by atoms with E-state index >= 15 is 0 Å². The predicted molar refractivity (Wildman–Crippen MR) is 54.8 cm³/mol. The van der Waals surface area contributed by atoms with Gasteiger partial charge in [0.15, 0.2) is 0 Å². The molecule has 1 heterocycles. The summed E-state index contributed by atoms with van der Waals surface area (Å²) in [4.78, 5) is 8.56. The zero-order chi connectivity index (χ0) is 10.0. The number of nitrogens with one attached hydrogen (secondary N) is 1. The molecule has 1 aromatic rings. The Labute approximate surface area is 78.6 Å². The van der Waals surface area contributed by atoms with Crippen molar-refractivity contribution in [2.75, 3.05) is 18.1 Å². The number of anilines is 2. The first-order valence-electron chi connectivity index (χ1n) is 4.38. The Kier molecular flexibility index (Phi) is 2.70. The minimum atomic E-state index is 0.301. The number of aromatic nitrogens is 2. The molecule has 1 aromatic heterocycles. The molecule has 0 saturated carbocycles. The minimum Gasteiger partial charge on any atom is -0.383 e. The lowest BCUT2D eigenvalue weighted by molar-refractivity contribution is 0.776. The van der Waals surface area contributed by atoms with E-state index in [1.54, 1.807) is 0 Å². The van der Waals surface area contributed by atoms with Crippen molar-refractivity contribution in [1.82, 2.24) is 9.97 Å². The maximum absolute atomic E-state index is 5.74. The summed E-state index contributed by atoms with van der Waals surface area (Å²) in [6.07, 6.45) is 0. The van der Waals surface area contributed by atoms with E-state index in [2.05, 4.69) is 15.3 Å². The van der Waals surface area contributed by atoms with E-state index < -0.39 is 0 Å². The van der Waals surface area contributed by atoms with Gasteiger partial charge in [-0.05, 0) is 6.92 Å². The van der Waals surface area contributed by atoms with Crippen LogP contribution in [-0.4, -0.2) is 17.0 Å². The molecule has 0 amide bonds. The van der Waals surface area contributed by atoms with Crippen molar-refractivity contribution >= 4 is 11.6 Å². The predicted octanol–water partition coefficient (Wildman–Crippen LogP) is 1.53. The van der Waals surface area contributed by atoms with Crippen LogP contribution in [0.1, 0.15) is 31.2 Å². The summed E-state index contributed by atoms with van der Waals surface area (Å²) in [6, 6.07) is 0. The molecule has 0 unspecified atom stereocenters. The second-order valence-electron chi connectivity index (χ2n) is 3.35. The van der Waals surface area contributed by atoms with Gasteiger partial charge >= 0.3 is 0 Å². The third-order valence-electron chi connectivity index (χ3n) is 1.95. The fourth-order valence-electron chi connectivity index (χ4n) is 1.05. The van der Waals surface area contributed by atoms with E-state index in [9.17, 15) is 0 Å². The van der Waals surface area contributed by atoms with Crippen LogP contribution >= 0.6 is 0 Å². The zero-order valence-corrected chi connectivity index (χ0v) is 8.55. The van der Waals surface area contributed by atoms with Crippen LogP contribution in [0.15, 0.2) is 0 Å². The lowest BCUT2D eigenvalue weighted by atomic mass is 10.2. The Balaban J connectivity index is 3.22. The molecule has 0 aliphatic carbocycles. The fraction of sp³-hybridized carbons (Fsp3) is 0.556. The number of rotatable bonds is 2. The van der Waals surface area contributed by atoms with Gasteiger partial charge in [-0.3, -0.25) is 0 Å². The van der Waals surface area contributed by atoms with Crippen molar-refractivity contribution < 1.29 is 0 Å². The van der Waals surface area contributed by atoms with Crippen molar-refractivity contribution in [2.45, 2.75) is 26.7 Å². The zero-order valence-electron chi connectivity index (χ0n) is 8.55. The topological polar surface area (TPSA) is 63.8 Å². The largest absolute Gasteiger partial charge is 0.383 e. The van der Waals surface area contributed by atoms with Crippen molar-refractivity contribution in [2.24, 2.45) is 0 Å². The highest BCUT2D eigenvalue weighted by Gasteiger charge is 2.09. The van der Waals surface area contributed by atoms with Gasteiger partial charge in [-0.1, -0.05) is 13.8 Å². The molecule has 0 atom stereocenters. The van der Waals surface area contributed by atoms with Crippen molar-refractivity contribution in [3.05, 3.63) is 11.4 Å². The molecule has 0 aromatic carbocycles. The number of hydrogen-bond acceptors (Lipinski definition) is 4. The first-order chi connectivity index (χ1) is 6.06. The molecular formula is C9H16N4. The van der Waals surface area contributed by atoms with Gasteiger partial charge in [0, 0.05) is 18.5 Å². The van der Waals surface area contributed by atoms with Crippen LogP contribution in [0.4, 0.5) is 11.6 Å². The lowest BCUT2D eigenvalue weighted by Crippen LogP contribution is -2.07. The normalized spacial score (nSPS) is 10.5. The van der Waals surface area contributed by atoms with E-state index in [0.29, 0.717) is 11.7 Å². The van der Waals surface area contributed by atoms with Gasteiger partial charge < -0.3 is 11.1 Å². The van der Waals surface area contributed by atoms with Crippen LogP contribution < -0.4 is 11.1 Å². The molecule has 13 heavy (non-hydrogen) atoms. The molecule has 1 rings (SSSR count). The van der Waals surface area contributed by atoms with Crippen LogP contribution in [0.5, 0.6) is 0 Å². The first kappa shape index (κ1) is 9.77. The molecule has 0 radical (unpaired) electrons. The highest BCUT2D eigenvalue weighted by molar-refractivity contribution is 5.54. The Hall–Kier alpha value is -1.32. The Morgan fingerprint density at radius 2 is 1.92 bits per heavy atom. The minimum absolute atomic E-state index is 0.301. The van der Waals surface area contributed by atoms with Crippen molar-refractivity contribution in [3.8, 4) is 0 Å². The van der Waals surface area contributed by atoms with Crippen LogP contribution in [0, 0.1) is 6.92 Å². The molecule has 0 fully saturated rings. The molecule has 4 nitrogen and oxygen atoms in total. The van der Waals surface area contributed by atoms with Crippen LogP contribution in [-0.2, 0) is 0 Å². The van der Waals surface area contributed by atoms with Gasteiger partial charge in [0.2, 0.25) is 0 Å². The van der Waals surface area contributed by atoms with Crippen LogP contribution in [0.2, 0.25) is 0 Å². The Morgan fingerprint density at radius 3 is 2.38 bits per heavy atom. The highest BCUT2D eigenvalue weighted by Crippen LogP contribution is 2.19. The molecule has 3 N–H and O–H groups in total. The lowest BCUT2D eigenvalue weighted by Gasteiger charge is -2.10. The summed E-state index contributed by atoms with van der Waals surface area (Å²) >= 11 is 0. The third-order valence-corrected chi connectivity index (χ3v) is 1.95. The maximum Gasteiger partial charge on any atom is 0.135 e. The molecule has 0 aliphatic rings. The smallest absolute Gasteiger partial charge is 0.135 e. The van der Waals surface area contributed by atoms with Gasteiger partial charge in [0.05, 0.1) is 0 Å².